The Balaban J connectivity index is 1.27. The van der Waals surface area contributed by atoms with E-state index in [0.29, 0.717) is 17.7 Å². The van der Waals surface area contributed by atoms with Crippen LogP contribution in [0, 0.1) is 10.1 Å². The van der Waals surface area contributed by atoms with Crippen molar-refractivity contribution in [2.75, 3.05) is 11.4 Å². The van der Waals surface area contributed by atoms with E-state index in [4.69, 9.17) is 0 Å². The number of nitrogens with zero attached hydrogens (tertiary/aromatic N) is 2. The van der Waals surface area contributed by atoms with Gasteiger partial charge in [0.05, 0.1) is 16.5 Å². The predicted molar refractivity (Wildman–Crippen MR) is 154 cm³/mol. The summed E-state index contributed by atoms with van der Waals surface area (Å²) < 4.78 is 0. The lowest BCUT2D eigenvalue weighted by Gasteiger charge is -2.32. The Bertz CT molecular complexity index is 1560. The van der Waals surface area contributed by atoms with Crippen LogP contribution in [0.15, 0.2) is 91.0 Å². The van der Waals surface area contributed by atoms with Gasteiger partial charge in [0.1, 0.15) is 0 Å². The van der Waals surface area contributed by atoms with Crippen molar-refractivity contribution in [3.05, 3.63) is 129 Å². The Morgan fingerprint density at radius 1 is 1.00 bits per heavy atom. The zero-order valence-electron chi connectivity index (χ0n) is 22.0. The number of nitrogens with one attached hydrogen (secondary N) is 1. The van der Waals surface area contributed by atoms with Crippen LogP contribution in [0.4, 0.5) is 11.4 Å². The molecule has 0 fully saturated rings. The number of carboxylic acids is 1. The highest BCUT2D eigenvalue weighted by atomic mass is 16.6. The van der Waals surface area contributed by atoms with E-state index in [1.54, 1.807) is 24.3 Å². The number of hydrogen-bond donors (Lipinski definition) is 2. The highest BCUT2D eigenvalue weighted by Crippen LogP contribution is 2.31. The van der Waals surface area contributed by atoms with Crippen molar-refractivity contribution in [3.8, 4) is 11.1 Å². The average molecular weight is 536 g/mol. The van der Waals surface area contributed by atoms with E-state index in [9.17, 15) is 24.8 Å². The molecule has 8 nitrogen and oxygen atoms in total. The Hall–Kier alpha value is -4.98. The number of benzene rings is 4. The van der Waals surface area contributed by atoms with E-state index in [-0.39, 0.29) is 23.2 Å². The van der Waals surface area contributed by atoms with Crippen molar-refractivity contribution in [1.29, 1.82) is 0 Å². The van der Waals surface area contributed by atoms with Crippen molar-refractivity contribution in [2.24, 2.45) is 0 Å². The molecule has 0 saturated heterocycles. The van der Waals surface area contributed by atoms with Crippen molar-refractivity contribution in [1.82, 2.24) is 5.32 Å². The summed E-state index contributed by atoms with van der Waals surface area (Å²) in [6.45, 7) is 3.46. The van der Waals surface area contributed by atoms with Gasteiger partial charge in [-0.05, 0) is 71.8 Å². The summed E-state index contributed by atoms with van der Waals surface area (Å²) in [5, 5.41) is 23.4. The number of fused-ring (bicyclic) bond motifs is 1. The summed E-state index contributed by atoms with van der Waals surface area (Å²) in [6.07, 6.45) is 1.86. The minimum absolute atomic E-state index is 0.0148. The minimum atomic E-state index is -0.946. The van der Waals surface area contributed by atoms with Crippen LogP contribution >= 0.6 is 0 Å². The standard InChI is InChI=1S/C32H29N3O5/c1-21(23-12-15-27(16-13-23)35(39)40)33-31(36)26-14-17-30-25(19-26)5-4-18-34(30)20-22-8-10-24(11-9-22)28-6-2-3-7-29(28)32(37)38/h2-3,6-17,19,21H,4-5,18,20H2,1H3,(H,33,36)(H,37,38)/t21-/m0/s1. The summed E-state index contributed by atoms with van der Waals surface area (Å²) in [7, 11) is 0. The van der Waals surface area contributed by atoms with Crippen LogP contribution in [-0.2, 0) is 13.0 Å². The van der Waals surface area contributed by atoms with Gasteiger partial charge in [0.2, 0.25) is 0 Å². The molecule has 0 aromatic heterocycles. The Kier molecular flexibility index (Phi) is 7.59. The molecular weight excluding hydrogens is 506 g/mol. The number of nitro benzene ring substituents is 1. The first-order chi connectivity index (χ1) is 19.3. The molecule has 1 atom stereocenters. The molecule has 0 spiro atoms. The van der Waals surface area contributed by atoms with Gasteiger partial charge in [-0.2, -0.15) is 0 Å². The quantitative estimate of drug-likeness (QED) is 0.199. The van der Waals surface area contributed by atoms with Crippen molar-refractivity contribution in [2.45, 2.75) is 32.4 Å². The molecule has 4 aromatic carbocycles. The number of rotatable bonds is 8. The molecule has 8 heteroatoms. The molecular formula is C32H29N3O5. The van der Waals surface area contributed by atoms with Crippen LogP contribution < -0.4 is 10.2 Å². The summed E-state index contributed by atoms with van der Waals surface area (Å²) >= 11 is 0. The van der Waals surface area contributed by atoms with Crippen LogP contribution in [0.3, 0.4) is 0 Å². The van der Waals surface area contributed by atoms with Gasteiger partial charge < -0.3 is 15.3 Å². The molecule has 202 valence electrons. The van der Waals surface area contributed by atoms with Crippen LogP contribution in [-0.4, -0.2) is 28.5 Å². The van der Waals surface area contributed by atoms with Crippen LogP contribution in [0.1, 0.15) is 56.8 Å². The predicted octanol–water partition coefficient (Wildman–Crippen LogP) is 6.40. The molecule has 0 bridgehead atoms. The lowest BCUT2D eigenvalue weighted by molar-refractivity contribution is -0.384. The summed E-state index contributed by atoms with van der Waals surface area (Å²) in [4.78, 5) is 37.4. The third-order valence-corrected chi connectivity index (χ3v) is 7.30. The zero-order valence-corrected chi connectivity index (χ0v) is 22.0. The molecule has 5 rings (SSSR count). The fourth-order valence-corrected chi connectivity index (χ4v) is 5.16. The molecule has 0 unspecified atom stereocenters. The number of carbonyl (C=O) groups excluding carboxylic acids is 1. The molecule has 1 aliphatic heterocycles. The third kappa shape index (κ3) is 5.71. The topological polar surface area (TPSA) is 113 Å². The second kappa shape index (κ2) is 11.4. The summed E-state index contributed by atoms with van der Waals surface area (Å²) in [5.41, 5.74) is 6.56. The highest BCUT2D eigenvalue weighted by molar-refractivity contribution is 5.96. The first kappa shape index (κ1) is 26.6. The second-order valence-electron chi connectivity index (χ2n) is 9.96. The summed E-state index contributed by atoms with van der Waals surface area (Å²) in [5.74, 6) is -1.14. The average Bonchev–Trinajstić information content (AvgIpc) is 2.97. The van der Waals surface area contributed by atoms with E-state index in [2.05, 4.69) is 10.2 Å². The fraction of sp³-hybridized carbons (Fsp3) is 0.188. The van der Waals surface area contributed by atoms with Gasteiger partial charge in [0.15, 0.2) is 0 Å². The maximum absolute atomic E-state index is 13.0. The van der Waals surface area contributed by atoms with E-state index in [1.165, 1.54) is 12.1 Å². The first-order valence-electron chi connectivity index (χ1n) is 13.1. The molecule has 2 N–H and O–H groups in total. The van der Waals surface area contributed by atoms with Gasteiger partial charge in [-0.15, -0.1) is 0 Å². The first-order valence-corrected chi connectivity index (χ1v) is 13.1. The lowest BCUT2D eigenvalue weighted by atomic mass is 9.97. The minimum Gasteiger partial charge on any atom is -0.478 e. The number of aryl methyl sites for hydroxylation is 1. The van der Waals surface area contributed by atoms with Crippen molar-refractivity contribution < 1.29 is 19.6 Å². The SMILES string of the molecule is C[C@H](NC(=O)c1ccc2c(c1)CCCN2Cc1ccc(-c2ccccc2C(=O)O)cc1)c1ccc([N+](=O)[O-])cc1. The lowest BCUT2D eigenvalue weighted by Crippen LogP contribution is -2.30. The van der Waals surface area contributed by atoms with Crippen molar-refractivity contribution in [3.63, 3.8) is 0 Å². The van der Waals surface area contributed by atoms with Gasteiger partial charge in [-0.25, -0.2) is 4.79 Å². The number of non-ortho nitro benzene ring substituents is 1. The highest BCUT2D eigenvalue weighted by Gasteiger charge is 2.20. The van der Waals surface area contributed by atoms with Gasteiger partial charge in [0.25, 0.3) is 11.6 Å². The number of anilines is 1. The monoisotopic (exact) mass is 535 g/mol. The molecule has 0 radical (unpaired) electrons. The van der Waals surface area contributed by atoms with E-state index in [0.717, 1.165) is 47.3 Å². The van der Waals surface area contributed by atoms with E-state index >= 15 is 0 Å². The number of carbonyl (C=O) groups is 2. The Morgan fingerprint density at radius 2 is 1.73 bits per heavy atom. The third-order valence-electron chi connectivity index (χ3n) is 7.30. The van der Waals surface area contributed by atoms with Gasteiger partial charge in [-0.1, -0.05) is 54.6 Å². The number of carboxylic acid groups (broad SMARTS) is 1. The van der Waals surface area contributed by atoms with Crippen LogP contribution in [0.25, 0.3) is 11.1 Å². The Labute approximate surface area is 232 Å². The van der Waals surface area contributed by atoms with Crippen LogP contribution in [0.2, 0.25) is 0 Å². The number of hydrogen-bond acceptors (Lipinski definition) is 5. The molecule has 40 heavy (non-hydrogen) atoms. The normalized spacial score (nSPS) is 13.3. The van der Waals surface area contributed by atoms with Crippen LogP contribution in [0.5, 0.6) is 0 Å². The second-order valence-corrected chi connectivity index (χ2v) is 9.96. The summed E-state index contributed by atoms with van der Waals surface area (Å²) in [6, 6.07) is 26.7. The molecule has 1 aliphatic rings. The molecule has 0 aliphatic carbocycles. The molecule has 4 aromatic rings. The smallest absolute Gasteiger partial charge is 0.336 e. The zero-order chi connectivity index (χ0) is 28.2. The number of amides is 1. The molecule has 1 amide bonds. The molecule has 0 saturated carbocycles. The Morgan fingerprint density at radius 3 is 2.42 bits per heavy atom. The maximum Gasteiger partial charge on any atom is 0.336 e. The number of aromatic carboxylic acids is 1. The van der Waals surface area contributed by atoms with Gasteiger partial charge in [-0.3, -0.25) is 14.9 Å². The maximum atomic E-state index is 13.0. The van der Waals surface area contributed by atoms with Gasteiger partial charge >= 0.3 is 5.97 Å². The molecule has 1 heterocycles. The van der Waals surface area contributed by atoms with Crippen molar-refractivity contribution >= 4 is 23.3 Å². The van der Waals surface area contributed by atoms with E-state index in [1.807, 2.05) is 61.5 Å². The number of nitro groups is 1. The van der Waals surface area contributed by atoms with Gasteiger partial charge in [0, 0.05) is 36.5 Å². The van der Waals surface area contributed by atoms with E-state index < -0.39 is 10.9 Å². The largest absolute Gasteiger partial charge is 0.478 e. The fourth-order valence-electron chi connectivity index (χ4n) is 5.16.